The molecule has 4 rings (SSSR count). The maximum absolute atomic E-state index is 13.8. The van der Waals surface area contributed by atoms with Gasteiger partial charge in [-0.1, -0.05) is 12.1 Å². The van der Waals surface area contributed by atoms with Crippen LogP contribution in [-0.2, 0) is 10.7 Å². The van der Waals surface area contributed by atoms with Gasteiger partial charge in [-0.25, -0.2) is 9.97 Å². The predicted octanol–water partition coefficient (Wildman–Crippen LogP) is 5.55. The summed E-state index contributed by atoms with van der Waals surface area (Å²) in [7, 11) is -2.67. The van der Waals surface area contributed by atoms with Crippen LogP contribution in [0.2, 0.25) is 0 Å². The second-order valence-corrected chi connectivity index (χ2v) is 12.7. The number of anilines is 1. The van der Waals surface area contributed by atoms with Gasteiger partial charge in [0.1, 0.15) is 24.2 Å². The molecule has 0 saturated carbocycles. The highest BCUT2D eigenvalue weighted by atomic mass is 31.2. The Balaban J connectivity index is 1.69. The first-order chi connectivity index (χ1) is 16.4. The normalized spacial score (nSPS) is 17.6. The van der Waals surface area contributed by atoms with Gasteiger partial charge in [-0.3, -0.25) is 9.88 Å². The first-order valence-corrected chi connectivity index (χ1v) is 13.9. The van der Waals surface area contributed by atoms with Crippen molar-refractivity contribution in [2.45, 2.75) is 52.9 Å². The average Bonchev–Trinajstić information content (AvgIpc) is 2.78. The van der Waals surface area contributed by atoms with Gasteiger partial charge in [-0.2, -0.15) is 13.2 Å². The SMILES string of the molecule is Cc1nc(N[C@H](C)c2cccc(C(F)(F)F)c2C)c2cc(P3(=O)CCN(C(C)C)CC3)ncc2n1. The van der Waals surface area contributed by atoms with Gasteiger partial charge in [-0.15, -0.1) is 0 Å². The summed E-state index contributed by atoms with van der Waals surface area (Å²) in [5.41, 5.74) is 1.23. The molecule has 0 unspecified atom stereocenters. The fourth-order valence-electron chi connectivity index (χ4n) is 4.73. The third-order valence-corrected chi connectivity index (χ3v) is 9.75. The Hall–Kier alpha value is -2.51. The van der Waals surface area contributed by atoms with E-state index < -0.39 is 24.9 Å². The van der Waals surface area contributed by atoms with Gasteiger partial charge >= 0.3 is 6.18 Å². The van der Waals surface area contributed by atoms with Crippen LogP contribution in [0.5, 0.6) is 0 Å². The minimum Gasteiger partial charge on any atom is -0.363 e. The molecule has 1 aliphatic heterocycles. The average molecular weight is 506 g/mol. The number of fused-ring (bicyclic) bond motifs is 1. The number of benzene rings is 1. The highest BCUT2D eigenvalue weighted by molar-refractivity contribution is 7.71. The predicted molar refractivity (Wildman–Crippen MR) is 134 cm³/mol. The molecule has 3 aromatic rings. The summed E-state index contributed by atoms with van der Waals surface area (Å²) in [5.74, 6) is 1.01. The Morgan fingerprint density at radius 2 is 1.77 bits per heavy atom. The van der Waals surface area contributed by atoms with Crippen molar-refractivity contribution in [1.29, 1.82) is 0 Å². The summed E-state index contributed by atoms with van der Waals surface area (Å²) in [6.07, 6.45) is -1.66. The van der Waals surface area contributed by atoms with E-state index in [0.29, 0.717) is 51.9 Å². The first-order valence-electron chi connectivity index (χ1n) is 11.8. The third kappa shape index (κ3) is 5.21. The zero-order chi connectivity index (χ0) is 25.5. The Morgan fingerprint density at radius 3 is 2.40 bits per heavy atom. The number of aromatic nitrogens is 3. The lowest BCUT2D eigenvalue weighted by molar-refractivity contribution is -0.138. The molecule has 2 aromatic heterocycles. The quantitative estimate of drug-likeness (QED) is 0.459. The number of nitrogens with one attached hydrogen (secondary N) is 1. The zero-order valence-electron chi connectivity index (χ0n) is 20.6. The van der Waals surface area contributed by atoms with Crippen LogP contribution in [0.4, 0.5) is 19.0 Å². The summed E-state index contributed by atoms with van der Waals surface area (Å²) >= 11 is 0. The van der Waals surface area contributed by atoms with E-state index in [9.17, 15) is 17.7 Å². The summed E-state index contributed by atoms with van der Waals surface area (Å²) < 4.78 is 54.1. The first kappa shape index (κ1) is 25.6. The minimum absolute atomic E-state index is 0.179. The molecule has 0 spiro atoms. The number of aryl methyl sites for hydroxylation is 1. The second kappa shape index (κ2) is 9.51. The molecule has 3 heterocycles. The fourth-order valence-corrected chi connectivity index (χ4v) is 7.21. The number of hydrogen-bond donors (Lipinski definition) is 1. The lowest BCUT2D eigenvalue weighted by Crippen LogP contribution is -2.41. The molecule has 1 fully saturated rings. The molecule has 188 valence electrons. The van der Waals surface area contributed by atoms with E-state index in [-0.39, 0.29) is 5.56 Å². The molecule has 1 N–H and O–H groups in total. The van der Waals surface area contributed by atoms with Crippen molar-refractivity contribution in [1.82, 2.24) is 19.9 Å². The highest BCUT2D eigenvalue weighted by Crippen LogP contribution is 2.46. The van der Waals surface area contributed by atoms with Crippen molar-refractivity contribution >= 4 is 29.3 Å². The molecule has 1 atom stereocenters. The molecular formula is C25H31F3N5OP. The largest absolute Gasteiger partial charge is 0.416 e. The molecule has 0 radical (unpaired) electrons. The molecule has 35 heavy (non-hydrogen) atoms. The van der Waals surface area contributed by atoms with E-state index in [1.165, 1.54) is 13.0 Å². The van der Waals surface area contributed by atoms with Crippen molar-refractivity contribution < 1.29 is 17.7 Å². The van der Waals surface area contributed by atoms with Crippen molar-refractivity contribution in [2.75, 3.05) is 30.7 Å². The van der Waals surface area contributed by atoms with E-state index in [1.807, 2.05) is 0 Å². The number of halogens is 3. The van der Waals surface area contributed by atoms with Crippen LogP contribution in [0.1, 0.15) is 49.3 Å². The monoisotopic (exact) mass is 505 g/mol. The van der Waals surface area contributed by atoms with Crippen molar-refractivity contribution in [2.24, 2.45) is 0 Å². The lowest BCUT2D eigenvalue weighted by atomic mass is 9.97. The molecule has 1 aromatic carbocycles. The molecular weight excluding hydrogens is 474 g/mol. The van der Waals surface area contributed by atoms with Crippen LogP contribution in [0.25, 0.3) is 10.9 Å². The standard InChI is InChI=1S/C25H31F3N5OP/c1-15(2)33-9-11-35(34,12-10-33)23-13-20-22(14-29-23)31-18(5)32-24(20)30-17(4)19-7-6-8-21(16(19)3)25(26,27)28/h6-8,13-15,17H,9-12H2,1-5H3,(H,30,31,32)/t17-/m1/s1. The summed E-state index contributed by atoms with van der Waals surface area (Å²) in [6.45, 7) is 10.8. The molecule has 0 aliphatic carbocycles. The molecule has 10 heteroatoms. The van der Waals surface area contributed by atoms with Gasteiger partial charge < -0.3 is 9.88 Å². The van der Waals surface area contributed by atoms with E-state index in [2.05, 4.69) is 39.0 Å². The summed E-state index contributed by atoms with van der Waals surface area (Å²) in [6, 6.07) is 5.96. The number of alkyl halides is 3. The van der Waals surface area contributed by atoms with Gasteiger partial charge in [-0.05, 0) is 57.9 Å². The third-order valence-electron chi connectivity index (χ3n) is 6.82. The van der Waals surface area contributed by atoms with Crippen LogP contribution in [0.15, 0.2) is 30.5 Å². The summed E-state index contributed by atoms with van der Waals surface area (Å²) in [5, 5.41) is 3.95. The zero-order valence-corrected chi connectivity index (χ0v) is 21.5. The van der Waals surface area contributed by atoms with Crippen molar-refractivity contribution in [3.8, 4) is 0 Å². The van der Waals surface area contributed by atoms with Gasteiger partial charge in [0.05, 0.1) is 23.3 Å². The number of nitrogens with zero attached hydrogens (tertiary/aromatic N) is 4. The van der Waals surface area contributed by atoms with E-state index in [4.69, 9.17) is 0 Å². The maximum Gasteiger partial charge on any atom is 0.416 e. The maximum atomic E-state index is 13.8. The lowest BCUT2D eigenvalue weighted by Gasteiger charge is -2.34. The summed E-state index contributed by atoms with van der Waals surface area (Å²) in [4.78, 5) is 15.8. The van der Waals surface area contributed by atoms with E-state index in [0.717, 1.165) is 19.2 Å². The van der Waals surface area contributed by atoms with Gasteiger partial charge in [0.15, 0.2) is 0 Å². The number of rotatable bonds is 5. The Bertz CT molecular complexity index is 1280. The van der Waals surface area contributed by atoms with E-state index >= 15 is 0 Å². The Labute approximate surface area is 203 Å². The molecule has 1 aliphatic rings. The molecule has 0 bridgehead atoms. The van der Waals surface area contributed by atoms with Crippen molar-refractivity contribution in [3.05, 3.63) is 53.0 Å². The van der Waals surface area contributed by atoms with Gasteiger partial charge in [0, 0.05) is 36.8 Å². The topological polar surface area (TPSA) is 71.0 Å². The van der Waals surface area contributed by atoms with Crippen LogP contribution in [0, 0.1) is 13.8 Å². The fraction of sp³-hybridized carbons (Fsp3) is 0.480. The molecule has 1 saturated heterocycles. The highest BCUT2D eigenvalue weighted by Gasteiger charge is 2.34. The van der Waals surface area contributed by atoms with Crippen molar-refractivity contribution in [3.63, 3.8) is 0 Å². The van der Waals surface area contributed by atoms with E-state index in [1.54, 1.807) is 32.2 Å². The van der Waals surface area contributed by atoms with Crippen LogP contribution < -0.4 is 10.8 Å². The van der Waals surface area contributed by atoms with Gasteiger partial charge in [0.2, 0.25) is 0 Å². The minimum atomic E-state index is -4.42. The Morgan fingerprint density at radius 1 is 1.09 bits per heavy atom. The molecule has 0 amide bonds. The van der Waals surface area contributed by atoms with Crippen LogP contribution in [0.3, 0.4) is 0 Å². The smallest absolute Gasteiger partial charge is 0.363 e. The second-order valence-electron chi connectivity index (χ2n) is 9.53. The van der Waals surface area contributed by atoms with Gasteiger partial charge in [0.25, 0.3) is 0 Å². The van der Waals surface area contributed by atoms with Crippen LogP contribution >= 0.6 is 7.14 Å². The van der Waals surface area contributed by atoms with Crippen LogP contribution in [-0.4, -0.2) is 51.3 Å². The Kier molecular flexibility index (Phi) is 6.95. The number of pyridine rings is 1. The number of hydrogen-bond acceptors (Lipinski definition) is 6. The molecule has 6 nitrogen and oxygen atoms in total.